The van der Waals surface area contributed by atoms with Crippen molar-refractivity contribution in [3.05, 3.63) is 48.0 Å². The zero-order chi connectivity index (χ0) is 18.5. The Labute approximate surface area is 155 Å². The molecule has 0 saturated heterocycles. The Morgan fingerprint density at radius 2 is 1.96 bits per heavy atom. The van der Waals surface area contributed by atoms with Crippen molar-refractivity contribution in [3.63, 3.8) is 0 Å². The molecule has 1 aromatic heterocycles. The first kappa shape index (κ1) is 17.9. The first-order chi connectivity index (χ1) is 12.6. The number of rotatable bonds is 6. The highest BCUT2D eigenvalue weighted by molar-refractivity contribution is 7.22. The molecule has 0 unspecified atom stereocenters. The SMILES string of the molecule is CCCC(=O)Nc1nc2cc(NC(=O)c3ccccc3OC)ccc2s1. The molecule has 0 atom stereocenters. The topological polar surface area (TPSA) is 80.3 Å². The van der Waals surface area contributed by atoms with Crippen LogP contribution in [0.3, 0.4) is 0 Å². The fourth-order valence-electron chi connectivity index (χ4n) is 2.50. The van der Waals surface area contributed by atoms with Crippen molar-refractivity contribution in [3.8, 4) is 5.75 Å². The minimum atomic E-state index is -0.256. The Balaban J connectivity index is 1.78. The van der Waals surface area contributed by atoms with E-state index in [1.807, 2.05) is 25.1 Å². The maximum Gasteiger partial charge on any atom is 0.259 e. The zero-order valence-corrected chi connectivity index (χ0v) is 15.4. The molecule has 0 fully saturated rings. The summed E-state index contributed by atoms with van der Waals surface area (Å²) < 4.78 is 6.16. The Morgan fingerprint density at radius 1 is 1.15 bits per heavy atom. The highest BCUT2D eigenvalue weighted by atomic mass is 32.1. The van der Waals surface area contributed by atoms with Crippen LogP contribution in [-0.4, -0.2) is 23.9 Å². The third-order valence-corrected chi connectivity index (χ3v) is 4.67. The lowest BCUT2D eigenvalue weighted by atomic mass is 10.2. The third-order valence-electron chi connectivity index (χ3n) is 3.72. The largest absolute Gasteiger partial charge is 0.496 e. The average molecular weight is 369 g/mol. The molecule has 2 N–H and O–H groups in total. The van der Waals surface area contributed by atoms with Crippen LogP contribution in [0, 0.1) is 0 Å². The molecule has 1 heterocycles. The van der Waals surface area contributed by atoms with E-state index < -0.39 is 0 Å². The number of amides is 2. The molecule has 0 spiro atoms. The average Bonchev–Trinajstić information content (AvgIpc) is 3.03. The molecule has 0 saturated carbocycles. The number of thiazole rings is 1. The molecule has 0 aliphatic carbocycles. The van der Waals surface area contributed by atoms with Gasteiger partial charge in [-0.1, -0.05) is 30.4 Å². The molecule has 6 nitrogen and oxygen atoms in total. The first-order valence-corrected chi connectivity index (χ1v) is 9.07. The monoisotopic (exact) mass is 369 g/mol. The lowest BCUT2D eigenvalue weighted by Gasteiger charge is -2.09. The van der Waals surface area contributed by atoms with Crippen molar-refractivity contribution in [1.29, 1.82) is 0 Å². The zero-order valence-electron chi connectivity index (χ0n) is 14.5. The second-order valence-corrected chi connectivity index (χ2v) is 6.68. The maximum atomic E-state index is 12.5. The number of fused-ring (bicyclic) bond motifs is 1. The molecule has 7 heteroatoms. The minimum absolute atomic E-state index is 0.0451. The normalized spacial score (nSPS) is 10.5. The van der Waals surface area contributed by atoms with Gasteiger partial charge in [0.2, 0.25) is 5.91 Å². The lowest BCUT2D eigenvalue weighted by molar-refractivity contribution is -0.116. The number of nitrogens with zero attached hydrogens (tertiary/aromatic N) is 1. The van der Waals surface area contributed by atoms with E-state index in [0.29, 0.717) is 28.6 Å². The number of ether oxygens (including phenoxy) is 1. The van der Waals surface area contributed by atoms with E-state index in [1.54, 1.807) is 24.3 Å². The minimum Gasteiger partial charge on any atom is -0.496 e. The van der Waals surface area contributed by atoms with Gasteiger partial charge in [0.05, 0.1) is 22.9 Å². The Kier molecular flexibility index (Phi) is 5.48. The van der Waals surface area contributed by atoms with Gasteiger partial charge >= 0.3 is 0 Å². The second-order valence-electron chi connectivity index (χ2n) is 5.65. The number of benzene rings is 2. The number of aromatic nitrogens is 1. The van der Waals surface area contributed by atoms with Crippen molar-refractivity contribution in [2.75, 3.05) is 17.7 Å². The van der Waals surface area contributed by atoms with E-state index in [4.69, 9.17) is 4.74 Å². The van der Waals surface area contributed by atoms with Crippen LogP contribution in [0.1, 0.15) is 30.1 Å². The van der Waals surface area contributed by atoms with Gasteiger partial charge in [0, 0.05) is 12.1 Å². The summed E-state index contributed by atoms with van der Waals surface area (Å²) in [7, 11) is 1.53. The van der Waals surface area contributed by atoms with Gasteiger partial charge in [0.1, 0.15) is 5.75 Å². The summed E-state index contributed by atoms with van der Waals surface area (Å²) in [6.45, 7) is 1.95. The molecular formula is C19H19N3O3S. The second kappa shape index (κ2) is 7.97. The van der Waals surface area contributed by atoms with Gasteiger partial charge in [-0.3, -0.25) is 9.59 Å². The standard InChI is InChI=1S/C19H19N3O3S/c1-3-6-17(23)22-19-21-14-11-12(9-10-16(14)26-19)20-18(24)13-7-4-5-8-15(13)25-2/h4-5,7-11H,3,6H2,1-2H3,(H,20,24)(H,21,22,23). The van der Waals surface area contributed by atoms with E-state index in [2.05, 4.69) is 15.6 Å². The number of hydrogen-bond acceptors (Lipinski definition) is 5. The predicted octanol–water partition coefficient (Wildman–Crippen LogP) is 4.30. The van der Waals surface area contributed by atoms with Crippen LogP contribution in [0.4, 0.5) is 10.8 Å². The van der Waals surface area contributed by atoms with E-state index >= 15 is 0 Å². The van der Waals surface area contributed by atoms with Gasteiger partial charge in [-0.05, 0) is 36.8 Å². The van der Waals surface area contributed by atoms with E-state index in [-0.39, 0.29) is 11.8 Å². The summed E-state index contributed by atoms with van der Waals surface area (Å²) in [5.74, 6) is 0.213. The van der Waals surface area contributed by atoms with Crippen LogP contribution in [0.15, 0.2) is 42.5 Å². The summed E-state index contributed by atoms with van der Waals surface area (Å²) in [6, 6.07) is 12.5. The fraction of sp³-hybridized carbons (Fsp3) is 0.211. The Bertz CT molecular complexity index is 952. The summed E-state index contributed by atoms with van der Waals surface area (Å²) in [4.78, 5) is 28.6. The molecule has 0 aliphatic heterocycles. The van der Waals surface area contributed by atoms with Crippen molar-refractivity contribution < 1.29 is 14.3 Å². The van der Waals surface area contributed by atoms with E-state index in [9.17, 15) is 9.59 Å². The third kappa shape index (κ3) is 4.00. The highest BCUT2D eigenvalue weighted by Gasteiger charge is 2.13. The van der Waals surface area contributed by atoms with Crippen LogP contribution in [-0.2, 0) is 4.79 Å². The molecule has 2 amide bonds. The number of anilines is 2. The summed E-state index contributed by atoms with van der Waals surface area (Å²) in [5.41, 5.74) is 1.81. The lowest BCUT2D eigenvalue weighted by Crippen LogP contribution is -2.13. The Morgan fingerprint density at radius 3 is 2.73 bits per heavy atom. The van der Waals surface area contributed by atoms with Crippen molar-refractivity contribution >= 4 is 44.2 Å². The summed E-state index contributed by atoms with van der Waals surface area (Å²) in [6.07, 6.45) is 1.26. The summed E-state index contributed by atoms with van der Waals surface area (Å²) in [5, 5.41) is 6.21. The quantitative estimate of drug-likeness (QED) is 0.679. The predicted molar refractivity (Wildman–Crippen MR) is 104 cm³/mol. The van der Waals surface area contributed by atoms with Crippen molar-refractivity contribution in [2.45, 2.75) is 19.8 Å². The van der Waals surface area contributed by atoms with Gasteiger partial charge in [-0.25, -0.2) is 4.98 Å². The molecular weight excluding hydrogens is 350 g/mol. The van der Waals surface area contributed by atoms with Crippen LogP contribution in [0.2, 0.25) is 0 Å². The van der Waals surface area contributed by atoms with Crippen molar-refractivity contribution in [1.82, 2.24) is 4.98 Å². The molecule has 3 aromatic rings. The molecule has 0 radical (unpaired) electrons. The first-order valence-electron chi connectivity index (χ1n) is 8.25. The highest BCUT2D eigenvalue weighted by Crippen LogP contribution is 2.29. The van der Waals surface area contributed by atoms with Crippen LogP contribution < -0.4 is 15.4 Å². The van der Waals surface area contributed by atoms with Crippen LogP contribution in [0.25, 0.3) is 10.2 Å². The molecule has 134 valence electrons. The van der Waals surface area contributed by atoms with Gasteiger partial charge in [0.25, 0.3) is 5.91 Å². The van der Waals surface area contributed by atoms with Gasteiger partial charge in [-0.2, -0.15) is 0 Å². The van der Waals surface area contributed by atoms with Gasteiger partial charge in [0.15, 0.2) is 5.13 Å². The molecule has 26 heavy (non-hydrogen) atoms. The Hall–Kier alpha value is -2.93. The summed E-state index contributed by atoms with van der Waals surface area (Å²) >= 11 is 1.41. The molecule has 0 bridgehead atoms. The number of methoxy groups -OCH3 is 1. The van der Waals surface area contributed by atoms with E-state index in [1.165, 1.54) is 18.4 Å². The van der Waals surface area contributed by atoms with Crippen LogP contribution >= 0.6 is 11.3 Å². The van der Waals surface area contributed by atoms with Gasteiger partial charge < -0.3 is 15.4 Å². The molecule has 3 rings (SSSR count). The molecule has 0 aliphatic rings. The van der Waals surface area contributed by atoms with Gasteiger partial charge in [-0.15, -0.1) is 0 Å². The van der Waals surface area contributed by atoms with Crippen molar-refractivity contribution in [2.24, 2.45) is 0 Å². The smallest absolute Gasteiger partial charge is 0.259 e. The number of carbonyl (C=O) groups is 2. The fourth-order valence-corrected chi connectivity index (χ4v) is 3.36. The van der Waals surface area contributed by atoms with Crippen LogP contribution in [0.5, 0.6) is 5.75 Å². The number of hydrogen-bond donors (Lipinski definition) is 2. The number of nitrogens with one attached hydrogen (secondary N) is 2. The number of carbonyl (C=O) groups excluding carboxylic acids is 2. The maximum absolute atomic E-state index is 12.5. The molecule has 2 aromatic carbocycles. The number of para-hydroxylation sites is 1. The van der Waals surface area contributed by atoms with E-state index in [0.717, 1.165) is 16.6 Å².